The maximum absolute atomic E-state index is 8.90. The van der Waals surface area contributed by atoms with E-state index in [2.05, 4.69) is 15.3 Å². The third kappa shape index (κ3) is 4.99. The van der Waals surface area contributed by atoms with E-state index in [4.69, 9.17) is 10.8 Å². The Morgan fingerprint density at radius 2 is 2.24 bits per heavy atom. The van der Waals surface area contributed by atoms with E-state index in [9.17, 15) is 0 Å². The highest BCUT2D eigenvalue weighted by molar-refractivity contribution is 5.44. The summed E-state index contributed by atoms with van der Waals surface area (Å²) >= 11 is 0. The molecule has 0 saturated carbocycles. The molecule has 0 spiro atoms. The van der Waals surface area contributed by atoms with E-state index in [0.717, 1.165) is 37.4 Å². The number of nitrogens with zero attached hydrogens (tertiary/aromatic N) is 2. The van der Waals surface area contributed by atoms with Gasteiger partial charge in [0, 0.05) is 25.6 Å². The topological polar surface area (TPSA) is 84.1 Å². The van der Waals surface area contributed by atoms with E-state index in [-0.39, 0.29) is 6.61 Å². The maximum atomic E-state index is 8.90. The van der Waals surface area contributed by atoms with Crippen molar-refractivity contribution in [2.24, 2.45) is 5.92 Å². The molecule has 0 saturated heterocycles. The standard InChI is InChI=1S/C12H22N4O/c1-3-11-15-10(13)7-12(16-11)14-6-4-5-9(2)8-17/h7,9,17H,3-6,8H2,1-2H3,(H3,13,14,15,16). The molecule has 1 aromatic heterocycles. The molecule has 0 aliphatic carbocycles. The van der Waals surface area contributed by atoms with Crippen molar-refractivity contribution in [2.45, 2.75) is 33.1 Å². The SMILES string of the molecule is CCc1nc(N)cc(NCCCC(C)CO)n1. The third-order valence-electron chi connectivity index (χ3n) is 2.60. The Balaban J connectivity index is 2.38. The second kappa shape index (κ2) is 7.06. The minimum atomic E-state index is 0.250. The van der Waals surface area contributed by atoms with Crippen LogP contribution in [0.15, 0.2) is 6.07 Å². The molecule has 1 heterocycles. The first kappa shape index (κ1) is 13.7. The smallest absolute Gasteiger partial charge is 0.132 e. The van der Waals surface area contributed by atoms with Gasteiger partial charge in [0.2, 0.25) is 0 Å². The molecule has 0 aromatic carbocycles. The normalized spacial score (nSPS) is 12.4. The summed E-state index contributed by atoms with van der Waals surface area (Å²) in [4.78, 5) is 8.45. The summed E-state index contributed by atoms with van der Waals surface area (Å²) in [6, 6.07) is 1.74. The van der Waals surface area contributed by atoms with E-state index in [1.165, 1.54) is 0 Å². The fourth-order valence-corrected chi connectivity index (χ4v) is 1.52. The number of anilines is 2. The van der Waals surface area contributed by atoms with Crippen molar-refractivity contribution >= 4 is 11.6 Å². The van der Waals surface area contributed by atoms with Crippen molar-refractivity contribution < 1.29 is 5.11 Å². The van der Waals surface area contributed by atoms with Crippen molar-refractivity contribution in [1.82, 2.24) is 9.97 Å². The van der Waals surface area contributed by atoms with Crippen LogP contribution in [0.25, 0.3) is 0 Å². The van der Waals surface area contributed by atoms with Crippen LogP contribution in [0.2, 0.25) is 0 Å². The second-order valence-electron chi connectivity index (χ2n) is 4.30. The van der Waals surface area contributed by atoms with Gasteiger partial charge < -0.3 is 16.2 Å². The number of aryl methyl sites for hydroxylation is 1. The summed E-state index contributed by atoms with van der Waals surface area (Å²) in [5.41, 5.74) is 5.68. The number of rotatable bonds is 7. The Bertz CT molecular complexity index is 343. The van der Waals surface area contributed by atoms with Gasteiger partial charge in [0.15, 0.2) is 0 Å². The van der Waals surface area contributed by atoms with E-state index in [1.807, 2.05) is 13.8 Å². The van der Waals surface area contributed by atoms with Gasteiger partial charge in [-0.25, -0.2) is 9.97 Å². The largest absolute Gasteiger partial charge is 0.396 e. The van der Waals surface area contributed by atoms with Crippen LogP contribution in [-0.2, 0) is 6.42 Å². The van der Waals surface area contributed by atoms with Crippen LogP contribution in [0, 0.1) is 5.92 Å². The van der Waals surface area contributed by atoms with Gasteiger partial charge in [-0.05, 0) is 18.8 Å². The zero-order valence-electron chi connectivity index (χ0n) is 10.6. The molecule has 0 bridgehead atoms. The van der Waals surface area contributed by atoms with Crippen LogP contribution in [0.5, 0.6) is 0 Å². The number of hydrogen-bond donors (Lipinski definition) is 3. The maximum Gasteiger partial charge on any atom is 0.132 e. The number of nitrogens with two attached hydrogens (primary N) is 1. The predicted octanol–water partition coefficient (Wildman–Crippen LogP) is 1.44. The number of hydrogen-bond acceptors (Lipinski definition) is 5. The lowest BCUT2D eigenvalue weighted by Crippen LogP contribution is -2.09. The second-order valence-corrected chi connectivity index (χ2v) is 4.30. The average molecular weight is 238 g/mol. The van der Waals surface area contributed by atoms with Gasteiger partial charge in [0.25, 0.3) is 0 Å². The fourth-order valence-electron chi connectivity index (χ4n) is 1.52. The average Bonchev–Trinajstić information content (AvgIpc) is 2.33. The van der Waals surface area contributed by atoms with E-state index in [0.29, 0.717) is 11.7 Å². The summed E-state index contributed by atoms with van der Waals surface area (Å²) in [6.07, 6.45) is 2.79. The Morgan fingerprint density at radius 1 is 1.47 bits per heavy atom. The van der Waals surface area contributed by atoms with Gasteiger partial charge in [-0.1, -0.05) is 13.8 Å². The summed E-state index contributed by atoms with van der Waals surface area (Å²) in [7, 11) is 0. The lowest BCUT2D eigenvalue weighted by atomic mass is 10.1. The molecule has 96 valence electrons. The van der Waals surface area contributed by atoms with Crippen molar-refractivity contribution in [3.63, 3.8) is 0 Å². The van der Waals surface area contributed by atoms with Crippen LogP contribution < -0.4 is 11.1 Å². The summed E-state index contributed by atoms with van der Waals surface area (Å²) in [6.45, 7) is 5.13. The molecule has 0 radical (unpaired) electrons. The number of nitrogens with one attached hydrogen (secondary N) is 1. The minimum absolute atomic E-state index is 0.250. The lowest BCUT2D eigenvalue weighted by Gasteiger charge is -2.09. The van der Waals surface area contributed by atoms with Crippen molar-refractivity contribution in [3.05, 3.63) is 11.9 Å². The molecule has 1 atom stereocenters. The first-order chi connectivity index (χ1) is 8.15. The molecule has 0 fully saturated rings. The number of aliphatic hydroxyl groups excluding tert-OH is 1. The van der Waals surface area contributed by atoms with E-state index in [1.54, 1.807) is 6.07 Å². The Kier molecular flexibility index (Phi) is 5.69. The van der Waals surface area contributed by atoms with Crippen LogP contribution in [0.4, 0.5) is 11.6 Å². The van der Waals surface area contributed by atoms with Crippen LogP contribution >= 0.6 is 0 Å². The van der Waals surface area contributed by atoms with Gasteiger partial charge in [0.1, 0.15) is 17.5 Å². The number of aliphatic hydroxyl groups is 1. The van der Waals surface area contributed by atoms with Gasteiger partial charge in [-0.3, -0.25) is 0 Å². The van der Waals surface area contributed by atoms with Crippen LogP contribution in [0.1, 0.15) is 32.5 Å². The molecular weight excluding hydrogens is 216 g/mol. The highest BCUT2D eigenvalue weighted by atomic mass is 16.3. The van der Waals surface area contributed by atoms with Crippen molar-refractivity contribution in [3.8, 4) is 0 Å². The quantitative estimate of drug-likeness (QED) is 0.626. The summed E-state index contributed by atoms with van der Waals surface area (Å²) in [5.74, 6) is 2.41. The molecule has 0 aliphatic heterocycles. The van der Waals surface area contributed by atoms with Crippen molar-refractivity contribution in [2.75, 3.05) is 24.2 Å². The van der Waals surface area contributed by atoms with Crippen molar-refractivity contribution in [1.29, 1.82) is 0 Å². The fraction of sp³-hybridized carbons (Fsp3) is 0.667. The Hall–Kier alpha value is -1.36. The number of aromatic nitrogens is 2. The molecule has 5 nitrogen and oxygen atoms in total. The highest BCUT2D eigenvalue weighted by Gasteiger charge is 2.02. The van der Waals surface area contributed by atoms with E-state index >= 15 is 0 Å². The van der Waals surface area contributed by atoms with Gasteiger partial charge >= 0.3 is 0 Å². The first-order valence-electron chi connectivity index (χ1n) is 6.13. The molecule has 4 N–H and O–H groups in total. The van der Waals surface area contributed by atoms with E-state index < -0.39 is 0 Å². The summed E-state index contributed by atoms with van der Waals surface area (Å²) in [5, 5.41) is 12.1. The molecule has 17 heavy (non-hydrogen) atoms. The predicted molar refractivity (Wildman–Crippen MR) is 69.8 cm³/mol. The van der Waals surface area contributed by atoms with Crippen LogP contribution in [-0.4, -0.2) is 28.2 Å². The zero-order chi connectivity index (χ0) is 12.7. The third-order valence-corrected chi connectivity index (χ3v) is 2.60. The lowest BCUT2D eigenvalue weighted by molar-refractivity contribution is 0.229. The van der Waals surface area contributed by atoms with Gasteiger partial charge in [0.05, 0.1) is 0 Å². The van der Waals surface area contributed by atoms with Crippen LogP contribution in [0.3, 0.4) is 0 Å². The molecule has 1 unspecified atom stereocenters. The zero-order valence-corrected chi connectivity index (χ0v) is 10.6. The molecule has 0 amide bonds. The number of nitrogen functional groups attached to an aromatic ring is 1. The molecule has 5 heteroatoms. The van der Waals surface area contributed by atoms with Gasteiger partial charge in [-0.2, -0.15) is 0 Å². The Labute approximate surface area is 102 Å². The Morgan fingerprint density at radius 3 is 2.88 bits per heavy atom. The summed E-state index contributed by atoms with van der Waals surface area (Å²) < 4.78 is 0. The first-order valence-corrected chi connectivity index (χ1v) is 6.13. The minimum Gasteiger partial charge on any atom is -0.396 e. The van der Waals surface area contributed by atoms with Gasteiger partial charge in [-0.15, -0.1) is 0 Å². The highest BCUT2D eigenvalue weighted by Crippen LogP contribution is 2.10. The molecule has 1 aromatic rings. The molecular formula is C12H22N4O. The molecule has 0 aliphatic rings. The monoisotopic (exact) mass is 238 g/mol. The molecule has 1 rings (SSSR count).